The lowest BCUT2D eigenvalue weighted by molar-refractivity contribution is -0.387. The van der Waals surface area contributed by atoms with Gasteiger partial charge in [0.2, 0.25) is 0 Å². The van der Waals surface area contributed by atoms with Crippen LogP contribution in [0.5, 0.6) is 5.75 Å². The van der Waals surface area contributed by atoms with Crippen LogP contribution in [0.3, 0.4) is 0 Å². The number of methoxy groups -OCH3 is 3. The van der Waals surface area contributed by atoms with E-state index in [1.165, 1.54) is 39.5 Å². The Morgan fingerprint density at radius 3 is 2.19 bits per heavy atom. The molecule has 2 aromatic carbocycles. The average molecular weight is 377 g/mol. The van der Waals surface area contributed by atoms with E-state index in [1.807, 2.05) is 0 Å². The third-order valence-electron chi connectivity index (χ3n) is 3.39. The van der Waals surface area contributed by atoms with Gasteiger partial charge >= 0.3 is 11.9 Å². The smallest absolute Gasteiger partial charge is 0.339 e. The summed E-state index contributed by atoms with van der Waals surface area (Å²) >= 11 is 1.01. The minimum atomic E-state index is -0.677. The minimum Gasteiger partial charge on any atom is -0.497 e. The molecule has 0 fully saturated rings. The van der Waals surface area contributed by atoms with Gasteiger partial charge < -0.3 is 14.2 Å². The van der Waals surface area contributed by atoms with Crippen molar-refractivity contribution < 1.29 is 28.7 Å². The maximum Gasteiger partial charge on any atom is 0.339 e. The zero-order valence-corrected chi connectivity index (χ0v) is 15.0. The van der Waals surface area contributed by atoms with Crippen LogP contribution in [-0.2, 0) is 9.47 Å². The van der Waals surface area contributed by atoms with Crippen LogP contribution in [0.25, 0.3) is 0 Å². The number of nitro benzene ring substituents is 1. The molecule has 0 heterocycles. The molecule has 0 aromatic heterocycles. The summed E-state index contributed by atoms with van der Waals surface area (Å²) in [6.07, 6.45) is 0. The summed E-state index contributed by atoms with van der Waals surface area (Å²) in [5.41, 5.74) is -0.000742. The van der Waals surface area contributed by atoms with E-state index in [0.29, 0.717) is 10.6 Å². The fourth-order valence-electron chi connectivity index (χ4n) is 2.10. The zero-order chi connectivity index (χ0) is 19.3. The number of carbonyl (C=O) groups is 2. The van der Waals surface area contributed by atoms with Crippen LogP contribution in [0.2, 0.25) is 0 Å². The molecule has 136 valence electrons. The van der Waals surface area contributed by atoms with Crippen LogP contribution in [0.1, 0.15) is 20.7 Å². The SMILES string of the molecule is COC(=O)c1ccc(Sc2ccc(OC)cc2C(=O)OC)c([N+](=O)[O-])c1. The molecule has 0 atom stereocenters. The molecular weight excluding hydrogens is 362 g/mol. The van der Waals surface area contributed by atoms with Crippen molar-refractivity contribution in [2.45, 2.75) is 9.79 Å². The summed E-state index contributed by atoms with van der Waals surface area (Å²) in [5.74, 6) is -0.824. The first-order valence-corrected chi connectivity index (χ1v) is 8.03. The summed E-state index contributed by atoms with van der Waals surface area (Å²) in [7, 11) is 3.89. The lowest BCUT2D eigenvalue weighted by Crippen LogP contribution is -2.04. The number of hydrogen-bond donors (Lipinski definition) is 0. The van der Waals surface area contributed by atoms with Gasteiger partial charge in [0.25, 0.3) is 5.69 Å². The lowest BCUT2D eigenvalue weighted by Gasteiger charge is -2.10. The summed E-state index contributed by atoms with van der Waals surface area (Å²) < 4.78 is 14.4. The van der Waals surface area contributed by atoms with Crippen LogP contribution in [0.15, 0.2) is 46.2 Å². The Kier molecular flexibility index (Phi) is 6.18. The van der Waals surface area contributed by atoms with Crippen LogP contribution < -0.4 is 4.74 Å². The lowest BCUT2D eigenvalue weighted by atomic mass is 10.2. The predicted molar refractivity (Wildman–Crippen MR) is 92.9 cm³/mol. The first-order chi connectivity index (χ1) is 12.4. The van der Waals surface area contributed by atoms with Gasteiger partial charge in [-0.3, -0.25) is 10.1 Å². The fraction of sp³-hybridized carbons (Fsp3) is 0.176. The van der Waals surface area contributed by atoms with E-state index in [4.69, 9.17) is 9.47 Å². The molecule has 0 saturated heterocycles. The van der Waals surface area contributed by atoms with Crippen molar-refractivity contribution in [1.82, 2.24) is 0 Å². The Hall–Kier alpha value is -3.07. The number of hydrogen-bond acceptors (Lipinski definition) is 8. The van der Waals surface area contributed by atoms with Gasteiger partial charge in [0, 0.05) is 11.0 Å². The Bertz CT molecular complexity index is 866. The third kappa shape index (κ3) is 4.12. The molecule has 0 amide bonds. The molecule has 0 unspecified atom stereocenters. The Labute approximate surface area is 153 Å². The van der Waals surface area contributed by atoms with Gasteiger partial charge in [-0.05, 0) is 30.3 Å². The molecule has 0 aliphatic heterocycles. The van der Waals surface area contributed by atoms with Gasteiger partial charge in [0.05, 0.1) is 42.3 Å². The highest BCUT2D eigenvalue weighted by Crippen LogP contribution is 2.38. The molecule has 0 aliphatic carbocycles. The molecule has 0 N–H and O–H groups in total. The molecule has 0 saturated carbocycles. The number of nitrogens with zero attached hydrogens (tertiary/aromatic N) is 1. The molecule has 26 heavy (non-hydrogen) atoms. The fourth-order valence-corrected chi connectivity index (χ4v) is 3.10. The second-order valence-electron chi connectivity index (χ2n) is 4.89. The third-order valence-corrected chi connectivity index (χ3v) is 4.53. The Morgan fingerprint density at radius 1 is 0.962 bits per heavy atom. The summed E-state index contributed by atoms with van der Waals surface area (Å²) in [4.78, 5) is 35.1. The first kappa shape index (κ1) is 19.3. The number of ether oxygens (including phenoxy) is 3. The maximum absolute atomic E-state index is 12.0. The summed E-state index contributed by atoms with van der Waals surface area (Å²) in [6.45, 7) is 0. The molecular formula is C17H15NO7S. The average Bonchev–Trinajstić information content (AvgIpc) is 2.67. The number of rotatable bonds is 6. The predicted octanol–water partition coefficient (Wildman–Crippen LogP) is 3.33. The van der Waals surface area contributed by atoms with Gasteiger partial charge in [-0.1, -0.05) is 11.8 Å². The normalized spacial score (nSPS) is 10.1. The van der Waals surface area contributed by atoms with Crippen molar-refractivity contribution >= 4 is 29.4 Å². The highest BCUT2D eigenvalue weighted by atomic mass is 32.2. The molecule has 8 nitrogen and oxygen atoms in total. The molecule has 0 bridgehead atoms. The van der Waals surface area contributed by atoms with Crippen molar-refractivity contribution in [2.75, 3.05) is 21.3 Å². The number of esters is 2. The van der Waals surface area contributed by atoms with Crippen LogP contribution in [0, 0.1) is 10.1 Å². The highest BCUT2D eigenvalue weighted by molar-refractivity contribution is 7.99. The first-order valence-electron chi connectivity index (χ1n) is 7.22. The zero-order valence-electron chi connectivity index (χ0n) is 14.2. The van der Waals surface area contributed by atoms with Gasteiger partial charge in [-0.25, -0.2) is 9.59 Å². The monoisotopic (exact) mass is 377 g/mol. The number of nitro groups is 1. The maximum atomic E-state index is 12.0. The van der Waals surface area contributed by atoms with E-state index in [2.05, 4.69) is 4.74 Å². The Morgan fingerprint density at radius 2 is 1.62 bits per heavy atom. The number of benzene rings is 2. The van der Waals surface area contributed by atoms with Gasteiger partial charge in [0.15, 0.2) is 0 Å². The van der Waals surface area contributed by atoms with Crippen molar-refractivity contribution in [3.63, 3.8) is 0 Å². The molecule has 0 spiro atoms. The van der Waals surface area contributed by atoms with Crippen molar-refractivity contribution in [3.05, 3.63) is 57.6 Å². The highest BCUT2D eigenvalue weighted by Gasteiger charge is 2.21. The van der Waals surface area contributed by atoms with Gasteiger partial charge in [-0.2, -0.15) is 0 Å². The van der Waals surface area contributed by atoms with E-state index >= 15 is 0 Å². The van der Waals surface area contributed by atoms with Gasteiger partial charge in [0.1, 0.15) is 5.75 Å². The topological polar surface area (TPSA) is 105 Å². The second-order valence-corrected chi connectivity index (χ2v) is 5.97. The standard InChI is InChI=1S/C17H15NO7S/c1-23-11-5-7-14(12(9-11)17(20)25-3)26-15-6-4-10(16(19)24-2)8-13(15)18(21)22/h4-9H,1-3H3. The van der Waals surface area contributed by atoms with Crippen molar-refractivity contribution in [3.8, 4) is 5.75 Å². The van der Waals surface area contributed by atoms with Crippen molar-refractivity contribution in [1.29, 1.82) is 0 Å². The number of carbonyl (C=O) groups excluding carboxylic acids is 2. The molecule has 2 rings (SSSR count). The van der Waals surface area contributed by atoms with E-state index in [9.17, 15) is 19.7 Å². The van der Waals surface area contributed by atoms with Crippen LogP contribution in [0.4, 0.5) is 5.69 Å². The van der Waals surface area contributed by atoms with Crippen molar-refractivity contribution in [2.24, 2.45) is 0 Å². The molecule has 9 heteroatoms. The van der Waals surface area contributed by atoms with E-state index in [0.717, 1.165) is 17.8 Å². The largest absolute Gasteiger partial charge is 0.497 e. The Balaban J connectivity index is 2.49. The van der Waals surface area contributed by atoms with Crippen LogP contribution in [-0.4, -0.2) is 38.2 Å². The summed E-state index contributed by atoms with van der Waals surface area (Å²) in [6, 6.07) is 8.71. The molecule has 0 aliphatic rings. The second kappa shape index (κ2) is 8.34. The van der Waals surface area contributed by atoms with E-state index in [1.54, 1.807) is 12.1 Å². The van der Waals surface area contributed by atoms with Crippen LogP contribution >= 0.6 is 11.8 Å². The van der Waals surface area contributed by atoms with E-state index in [-0.39, 0.29) is 21.7 Å². The minimum absolute atomic E-state index is 0.0615. The summed E-state index contributed by atoms with van der Waals surface area (Å²) in [5, 5.41) is 11.4. The molecule has 0 radical (unpaired) electrons. The molecule has 2 aromatic rings. The van der Waals surface area contributed by atoms with Gasteiger partial charge in [-0.15, -0.1) is 0 Å². The van der Waals surface area contributed by atoms with E-state index < -0.39 is 16.9 Å². The quantitative estimate of drug-likeness (QED) is 0.429.